The van der Waals surface area contributed by atoms with Gasteiger partial charge in [0.15, 0.2) is 0 Å². The summed E-state index contributed by atoms with van der Waals surface area (Å²) in [6.45, 7) is 4.09. The second-order valence-electron chi connectivity index (χ2n) is 7.01. The number of rotatable bonds is 5. The van der Waals surface area contributed by atoms with Crippen molar-refractivity contribution in [3.63, 3.8) is 0 Å². The number of carbonyl (C=O) groups excluding carboxylic acids is 2. The van der Waals surface area contributed by atoms with E-state index in [1.54, 1.807) is 0 Å². The first-order valence-corrected chi connectivity index (χ1v) is 9.24. The van der Waals surface area contributed by atoms with Crippen molar-refractivity contribution >= 4 is 11.8 Å². The van der Waals surface area contributed by atoms with Gasteiger partial charge in [0.25, 0.3) is 5.91 Å². The molecule has 1 heterocycles. The third kappa shape index (κ3) is 5.15. The number of aryl methyl sites for hydroxylation is 3. The average molecular weight is 366 g/mol. The number of hydrogen-bond acceptors (Lipinski definition) is 4. The molecule has 0 bridgehead atoms. The normalized spacial score (nSPS) is 18.9. The topological polar surface area (TPSA) is 82.3 Å². The fourth-order valence-electron chi connectivity index (χ4n) is 3.29. The molecule has 1 fully saturated rings. The highest BCUT2D eigenvalue weighted by atomic mass is 16.2. The fourth-order valence-corrected chi connectivity index (χ4v) is 3.29. The zero-order chi connectivity index (χ0) is 19.2. The highest BCUT2D eigenvalue weighted by molar-refractivity contribution is 5.85. The summed E-state index contributed by atoms with van der Waals surface area (Å²) in [4.78, 5) is 24.3. The van der Waals surface area contributed by atoms with Crippen LogP contribution in [0.2, 0.25) is 0 Å². The molecule has 1 aliphatic rings. The largest absolute Gasteiger partial charge is 0.273 e. The average Bonchev–Trinajstić information content (AvgIpc) is 3.16. The van der Waals surface area contributed by atoms with Crippen molar-refractivity contribution in [3.05, 3.63) is 70.8 Å². The highest BCUT2D eigenvalue weighted by Crippen LogP contribution is 2.21. The predicted molar refractivity (Wildman–Crippen MR) is 104 cm³/mol. The molecule has 3 rings (SSSR count). The highest BCUT2D eigenvalue weighted by Gasteiger charge is 2.30. The molecule has 4 N–H and O–H groups in total. The second-order valence-corrected chi connectivity index (χ2v) is 7.01. The molecular formula is C21H26N4O2. The van der Waals surface area contributed by atoms with E-state index < -0.39 is 6.04 Å². The molecule has 0 aromatic heterocycles. The smallest absolute Gasteiger partial charge is 0.256 e. The quantitative estimate of drug-likeness (QED) is 0.610. The van der Waals surface area contributed by atoms with Gasteiger partial charge < -0.3 is 0 Å². The minimum absolute atomic E-state index is 0.0714. The summed E-state index contributed by atoms with van der Waals surface area (Å²) in [7, 11) is 0. The van der Waals surface area contributed by atoms with Crippen LogP contribution in [0.3, 0.4) is 0 Å². The van der Waals surface area contributed by atoms with Crippen LogP contribution in [0.25, 0.3) is 0 Å². The minimum Gasteiger partial charge on any atom is -0.273 e. The van der Waals surface area contributed by atoms with E-state index in [-0.39, 0.29) is 17.9 Å². The Kier molecular flexibility index (Phi) is 6.21. The zero-order valence-corrected chi connectivity index (χ0v) is 15.7. The first-order chi connectivity index (χ1) is 13.0. The van der Waals surface area contributed by atoms with Gasteiger partial charge in [0.05, 0.1) is 0 Å². The van der Waals surface area contributed by atoms with Crippen LogP contribution in [0.1, 0.15) is 41.1 Å². The van der Waals surface area contributed by atoms with Crippen LogP contribution in [0.4, 0.5) is 0 Å². The molecule has 2 amide bonds. The molecule has 0 aliphatic carbocycles. The molecule has 2 aromatic carbocycles. The van der Waals surface area contributed by atoms with Crippen LogP contribution in [0, 0.1) is 13.8 Å². The Labute approximate surface area is 159 Å². The second kappa shape index (κ2) is 8.79. The van der Waals surface area contributed by atoms with E-state index in [2.05, 4.69) is 27.8 Å². The molecule has 2 aromatic rings. The summed E-state index contributed by atoms with van der Waals surface area (Å²) in [5.74, 6) is -0.449. The number of benzene rings is 2. The molecule has 1 saturated heterocycles. The van der Waals surface area contributed by atoms with Crippen molar-refractivity contribution in [2.24, 2.45) is 0 Å². The molecule has 6 nitrogen and oxygen atoms in total. The third-order valence-electron chi connectivity index (χ3n) is 4.87. The van der Waals surface area contributed by atoms with Crippen LogP contribution in [-0.4, -0.2) is 17.9 Å². The fraction of sp³-hybridized carbons (Fsp3) is 0.333. The van der Waals surface area contributed by atoms with Crippen molar-refractivity contribution < 1.29 is 9.59 Å². The molecule has 142 valence electrons. The number of hydrazine groups is 2. The van der Waals surface area contributed by atoms with Gasteiger partial charge in [-0.05, 0) is 43.4 Å². The van der Waals surface area contributed by atoms with Gasteiger partial charge >= 0.3 is 0 Å². The summed E-state index contributed by atoms with van der Waals surface area (Å²) in [5, 5.41) is 0. The first kappa shape index (κ1) is 19.1. The van der Waals surface area contributed by atoms with Crippen molar-refractivity contribution in [1.82, 2.24) is 21.7 Å². The maximum atomic E-state index is 12.3. The lowest BCUT2D eigenvalue weighted by Crippen LogP contribution is -2.50. The minimum atomic E-state index is -0.394. The van der Waals surface area contributed by atoms with Gasteiger partial charge in [-0.3, -0.25) is 20.4 Å². The Bertz CT molecular complexity index is 807. The van der Waals surface area contributed by atoms with E-state index >= 15 is 0 Å². The van der Waals surface area contributed by atoms with Gasteiger partial charge in [-0.25, -0.2) is 10.9 Å². The Hall–Kier alpha value is -2.70. The van der Waals surface area contributed by atoms with E-state index in [9.17, 15) is 9.59 Å². The molecular weight excluding hydrogens is 340 g/mol. The molecule has 0 saturated carbocycles. The summed E-state index contributed by atoms with van der Waals surface area (Å²) in [5.41, 5.74) is 15.8. The van der Waals surface area contributed by atoms with Gasteiger partial charge in [0.1, 0.15) is 6.04 Å². The Morgan fingerprint density at radius 3 is 2.56 bits per heavy atom. The van der Waals surface area contributed by atoms with E-state index in [4.69, 9.17) is 0 Å². The number of carbonyl (C=O) groups is 2. The molecule has 2 unspecified atom stereocenters. The van der Waals surface area contributed by atoms with Crippen LogP contribution < -0.4 is 21.7 Å². The van der Waals surface area contributed by atoms with E-state index in [1.165, 1.54) is 11.1 Å². The number of hydrogen-bond donors (Lipinski definition) is 4. The summed E-state index contributed by atoms with van der Waals surface area (Å²) in [6, 6.07) is 15.8. The van der Waals surface area contributed by atoms with Gasteiger partial charge in [-0.2, -0.15) is 0 Å². The Balaban J connectivity index is 1.42. The molecule has 0 spiro atoms. The van der Waals surface area contributed by atoms with E-state index in [0.29, 0.717) is 19.3 Å². The molecule has 0 radical (unpaired) electrons. The van der Waals surface area contributed by atoms with Crippen LogP contribution in [0.5, 0.6) is 0 Å². The molecule has 2 atom stereocenters. The summed E-state index contributed by atoms with van der Waals surface area (Å²) >= 11 is 0. The third-order valence-corrected chi connectivity index (χ3v) is 4.87. The first-order valence-electron chi connectivity index (χ1n) is 9.24. The van der Waals surface area contributed by atoms with Gasteiger partial charge in [0, 0.05) is 12.5 Å². The monoisotopic (exact) mass is 366 g/mol. The van der Waals surface area contributed by atoms with E-state index in [0.717, 1.165) is 11.1 Å². The van der Waals surface area contributed by atoms with E-state index in [1.807, 2.05) is 56.3 Å². The predicted octanol–water partition coefficient (Wildman–Crippen LogP) is 1.99. The van der Waals surface area contributed by atoms with Crippen molar-refractivity contribution in [3.8, 4) is 0 Å². The maximum Gasteiger partial charge on any atom is 0.256 e. The van der Waals surface area contributed by atoms with Crippen molar-refractivity contribution in [2.45, 2.75) is 45.2 Å². The number of nitrogens with one attached hydrogen (secondary N) is 4. The zero-order valence-electron chi connectivity index (χ0n) is 15.7. The lowest BCUT2D eigenvalue weighted by atomic mass is 10.0. The lowest BCUT2D eigenvalue weighted by Gasteiger charge is -2.12. The van der Waals surface area contributed by atoms with Gasteiger partial charge in [-0.1, -0.05) is 54.1 Å². The molecule has 1 aliphatic heterocycles. The maximum absolute atomic E-state index is 12.3. The van der Waals surface area contributed by atoms with Gasteiger partial charge in [0.2, 0.25) is 5.91 Å². The van der Waals surface area contributed by atoms with Gasteiger partial charge in [-0.15, -0.1) is 0 Å². The summed E-state index contributed by atoms with van der Waals surface area (Å²) < 4.78 is 0. The van der Waals surface area contributed by atoms with Crippen molar-refractivity contribution in [1.29, 1.82) is 0 Å². The Morgan fingerprint density at radius 2 is 1.81 bits per heavy atom. The number of amides is 2. The molecule has 27 heavy (non-hydrogen) atoms. The van der Waals surface area contributed by atoms with Crippen molar-refractivity contribution in [2.75, 3.05) is 0 Å². The Morgan fingerprint density at radius 1 is 1.04 bits per heavy atom. The lowest BCUT2D eigenvalue weighted by molar-refractivity contribution is -0.129. The van der Waals surface area contributed by atoms with Crippen LogP contribution in [0.15, 0.2) is 48.5 Å². The van der Waals surface area contributed by atoms with Crippen LogP contribution in [-0.2, 0) is 16.0 Å². The molecule has 6 heteroatoms. The SMILES string of the molecule is Cc1ccc(CCC(=O)NNC(=O)C2CC(c3ccccc3)NN2)c(C)c1. The standard InChI is InChI=1S/C21H26N4O2/c1-14-8-9-16(15(2)12-14)10-11-20(26)24-25-21(27)19-13-18(22-23-19)17-6-4-3-5-7-17/h3-9,12,18-19,22-23H,10-11,13H2,1-2H3,(H,24,26)(H,25,27). The van der Waals surface area contributed by atoms with Crippen LogP contribution >= 0.6 is 0 Å². The summed E-state index contributed by atoms with van der Waals surface area (Å²) in [6.07, 6.45) is 1.59.